The zero-order valence-corrected chi connectivity index (χ0v) is 14.0. The highest BCUT2D eigenvalue weighted by Gasteiger charge is 2.19. The average Bonchev–Trinajstić information content (AvgIpc) is 2.78. The molecule has 2 aromatic rings. The van der Waals surface area contributed by atoms with Crippen molar-refractivity contribution in [2.75, 3.05) is 4.72 Å². The molecule has 0 aliphatic heterocycles. The third kappa shape index (κ3) is 3.46. The van der Waals surface area contributed by atoms with Crippen molar-refractivity contribution in [3.8, 4) is 0 Å². The first-order valence-corrected chi connectivity index (χ1v) is 8.39. The summed E-state index contributed by atoms with van der Waals surface area (Å²) in [6, 6.07) is 4.23. The van der Waals surface area contributed by atoms with Gasteiger partial charge in [0.05, 0.1) is 20.8 Å². The van der Waals surface area contributed by atoms with E-state index in [1.807, 2.05) is 0 Å². The van der Waals surface area contributed by atoms with Crippen LogP contribution in [0.2, 0.25) is 15.1 Å². The lowest BCUT2D eigenvalue weighted by Gasteiger charge is -2.09. The van der Waals surface area contributed by atoms with Crippen LogP contribution in [0.25, 0.3) is 0 Å². The molecular formula is C12H12Cl3N3O2S. The number of halogens is 3. The molecule has 3 N–H and O–H groups in total. The first-order valence-electron chi connectivity index (χ1n) is 5.77. The average molecular weight is 369 g/mol. The number of sulfonamides is 1. The zero-order valence-electron chi connectivity index (χ0n) is 10.9. The molecule has 5 nitrogen and oxygen atoms in total. The van der Waals surface area contributed by atoms with E-state index in [0.29, 0.717) is 5.69 Å². The molecule has 0 radical (unpaired) electrons. The van der Waals surface area contributed by atoms with Crippen LogP contribution in [-0.4, -0.2) is 13.0 Å². The molecule has 114 valence electrons. The lowest BCUT2D eigenvalue weighted by molar-refractivity contribution is 0.601. The number of anilines is 1. The molecule has 0 aliphatic rings. The fraction of sp³-hybridized carbons (Fsp3) is 0.167. The Morgan fingerprint density at radius 1 is 1.14 bits per heavy atom. The molecule has 1 heterocycles. The summed E-state index contributed by atoms with van der Waals surface area (Å²) in [4.78, 5) is 0.0904. The standard InChI is InChI=1S/C12H12Cl3N3O2S/c1-18-6-8(2-7(18)5-16)21(19,20)17-12-4-10(14)9(13)3-11(12)15/h2-4,6,17H,5,16H2,1H3. The summed E-state index contributed by atoms with van der Waals surface area (Å²) in [6.07, 6.45) is 1.47. The Hall–Kier alpha value is -0.920. The summed E-state index contributed by atoms with van der Waals surface area (Å²) in [5.41, 5.74) is 6.38. The molecule has 9 heteroatoms. The van der Waals surface area contributed by atoms with E-state index in [1.165, 1.54) is 24.4 Å². The Morgan fingerprint density at radius 3 is 2.33 bits per heavy atom. The second kappa shape index (κ2) is 6.06. The predicted molar refractivity (Wildman–Crippen MR) is 85.6 cm³/mol. The van der Waals surface area contributed by atoms with Crippen LogP contribution in [0, 0.1) is 0 Å². The van der Waals surface area contributed by atoms with E-state index < -0.39 is 10.0 Å². The highest BCUT2D eigenvalue weighted by Crippen LogP contribution is 2.33. The van der Waals surface area contributed by atoms with E-state index in [4.69, 9.17) is 40.5 Å². The first kappa shape index (κ1) is 16.5. The van der Waals surface area contributed by atoms with Gasteiger partial charge in [0.2, 0.25) is 0 Å². The number of nitrogens with one attached hydrogen (secondary N) is 1. The lowest BCUT2D eigenvalue weighted by atomic mass is 10.3. The van der Waals surface area contributed by atoms with E-state index in [1.54, 1.807) is 11.6 Å². The third-order valence-corrected chi connectivity index (χ3v) is 5.22. The molecule has 0 unspecified atom stereocenters. The van der Waals surface area contributed by atoms with Crippen LogP contribution in [0.3, 0.4) is 0 Å². The van der Waals surface area contributed by atoms with E-state index in [0.717, 1.165) is 0 Å². The number of nitrogens with zero attached hydrogens (tertiary/aromatic N) is 1. The molecular weight excluding hydrogens is 357 g/mol. The molecule has 0 bridgehead atoms. The summed E-state index contributed by atoms with van der Waals surface area (Å²) in [5.74, 6) is 0. The molecule has 2 rings (SSSR count). The summed E-state index contributed by atoms with van der Waals surface area (Å²) in [7, 11) is -2.07. The van der Waals surface area contributed by atoms with Crippen LogP contribution in [0.5, 0.6) is 0 Å². The molecule has 21 heavy (non-hydrogen) atoms. The smallest absolute Gasteiger partial charge is 0.263 e. The summed E-state index contributed by atoms with van der Waals surface area (Å²) in [5, 5.41) is 0.604. The van der Waals surface area contributed by atoms with Gasteiger partial charge in [-0.05, 0) is 18.2 Å². The summed E-state index contributed by atoms with van der Waals surface area (Å²) >= 11 is 17.6. The molecule has 1 aromatic carbocycles. The number of nitrogens with two attached hydrogens (primary N) is 1. The van der Waals surface area contributed by atoms with Gasteiger partial charge in [-0.15, -0.1) is 0 Å². The normalized spacial score (nSPS) is 11.7. The third-order valence-electron chi connectivity index (χ3n) is 2.86. The summed E-state index contributed by atoms with van der Waals surface area (Å²) < 4.78 is 28.7. The highest BCUT2D eigenvalue weighted by molar-refractivity contribution is 7.92. The number of hydrogen-bond donors (Lipinski definition) is 2. The molecule has 0 fully saturated rings. The van der Waals surface area contributed by atoms with Gasteiger partial charge in [0.1, 0.15) is 4.90 Å². The molecule has 0 aliphatic carbocycles. The highest BCUT2D eigenvalue weighted by atomic mass is 35.5. The van der Waals surface area contributed by atoms with Gasteiger partial charge in [-0.2, -0.15) is 0 Å². The monoisotopic (exact) mass is 367 g/mol. The molecule has 0 saturated carbocycles. The number of hydrogen-bond acceptors (Lipinski definition) is 3. The van der Waals surface area contributed by atoms with E-state index >= 15 is 0 Å². The van der Waals surface area contributed by atoms with Gasteiger partial charge in [-0.1, -0.05) is 34.8 Å². The van der Waals surface area contributed by atoms with Gasteiger partial charge in [0, 0.05) is 25.5 Å². The number of aryl methyl sites for hydroxylation is 1. The van der Waals surface area contributed by atoms with Crippen LogP contribution in [0.15, 0.2) is 29.3 Å². The maximum atomic E-state index is 12.3. The molecule has 0 atom stereocenters. The van der Waals surface area contributed by atoms with Crippen molar-refractivity contribution in [1.82, 2.24) is 4.57 Å². The SMILES string of the molecule is Cn1cc(S(=O)(=O)Nc2cc(Cl)c(Cl)cc2Cl)cc1CN. The summed E-state index contributed by atoms with van der Waals surface area (Å²) in [6.45, 7) is 0.236. The molecule has 1 aromatic heterocycles. The van der Waals surface area contributed by atoms with Crippen molar-refractivity contribution in [2.24, 2.45) is 12.8 Å². The topological polar surface area (TPSA) is 77.1 Å². The number of benzene rings is 1. The van der Waals surface area contributed by atoms with Crippen molar-refractivity contribution in [2.45, 2.75) is 11.4 Å². The van der Waals surface area contributed by atoms with Crippen LogP contribution < -0.4 is 10.5 Å². The van der Waals surface area contributed by atoms with Crippen molar-refractivity contribution in [1.29, 1.82) is 0 Å². The maximum absolute atomic E-state index is 12.3. The van der Waals surface area contributed by atoms with Crippen LogP contribution in [-0.2, 0) is 23.6 Å². The minimum Gasteiger partial charge on any atom is -0.352 e. The van der Waals surface area contributed by atoms with Gasteiger partial charge in [0.25, 0.3) is 10.0 Å². The fourth-order valence-corrected chi connectivity index (χ4v) is 3.55. The van der Waals surface area contributed by atoms with Gasteiger partial charge >= 0.3 is 0 Å². The zero-order chi connectivity index (χ0) is 15.8. The maximum Gasteiger partial charge on any atom is 0.263 e. The quantitative estimate of drug-likeness (QED) is 0.813. The van der Waals surface area contributed by atoms with E-state index in [9.17, 15) is 8.42 Å². The Kier molecular flexibility index (Phi) is 4.75. The lowest BCUT2D eigenvalue weighted by Crippen LogP contribution is -2.12. The van der Waals surface area contributed by atoms with Gasteiger partial charge in [0.15, 0.2) is 0 Å². The van der Waals surface area contributed by atoms with Crippen molar-refractivity contribution in [3.05, 3.63) is 45.2 Å². The second-order valence-corrected chi connectivity index (χ2v) is 7.24. The minimum absolute atomic E-state index is 0.0904. The van der Waals surface area contributed by atoms with Gasteiger partial charge in [-0.3, -0.25) is 4.72 Å². The largest absolute Gasteiger partial charge is 0.352 e. The Balaban J connectivity index is 2.39. The Morgan fingerprint density at radius 2 is 1.76 bits per heavy atom. The van der Waals surface area contributed by atoms with Crippen molar-refractivity contribution >= 4 is 50.5 Å². The van der Waals surface area contributed by atoms with E-state index in [-0.39, 0.29) is 32.2 Å². The van der Waals surface area contributed by atoms with Crippen molar-refractivity contribution in [3.63, 3.8) is 0 Å². The Bertz CT molecular complexity index is 787. The predicted octanol–water partition coefficient (Wildman–Crippen LogP) is 3.24. The number of rotatable bonds is 4. The Labute approximate surface area is 137 Å². The molecule has 0 saturated heterocycles. The van der Waals surface area contributed by atoms with Crippen LogP contribution >= 0.6 is 34.8 Å². The van der Waals surface area contributed by atoms with Gasteiger partial charge in [-0.25, -0.2) is 8.42 Å². The van der Waals surface area contributed by atoms with Crippen LogP contribution in [0.4, 0.5) is 5.69 Å². The number of aromatic nitrogens is 1. The molecule has 0 amide bonds. The fourth-order valence-electron chi connectivity index (χ4n) is 1.73. The van der Waals surface area contributed by atoms with E-state index in [2.05, 4.69) is 4.72 Å². The minimum atomic E-state index is -3.79. The first-order chi connectivity index (χ1) is 9.74. The van der Waals surface area contributed by atoms with Crippen LogP contribution in [0.1, 0.15) is 5.69 Å². The van der Waals surface area contributed by atoms with Crippen molar-refractivity contribution < 1.29 is 8.42 Å². The molecule has 0 spiro atoms. The van der Waals surface area contributed by atoms with Gasteiger partial charge < -0.3 is 10.3 Å². The second-order valence-electron chi connectivity index (χ2n) is 4.33.